The Morgan fingerprint density at radius 2 is 2.03 bits per heavy atom. The van der Waals surface area contributed by atoms with Crippen LogP contribution in [0.15, 0.2) is 55.0 Å². The van der Waals surface area contributed by atoms with Gasteiger partial charge in [0.25, 0.3) is 11.7 Å². The summed E-state index contributed by atoms with van der Waals surface area (Å²) in [5.74, 6) is -3.17. The van der Waals surface area contributed by atoms with Gasteiger partial charge in [-0.1, -0.05) is 6.07 Å². The number of rotatable bonds is 3. The van der Waals surface area contributed by atoms with Crippen molar-refractivity contribution >= 4 is 17.5 Å². The van der Waals surface area contributed by atoms with E-state index in [1.807, 2.05) is 12.1 Å². The van der Waals surface area contributed by atoms with Crippen molar-refractivity contribution in [3.05, 3.63) is 60.8 Å². The van der Waals surface area contributed by atoms with Crippen LogP contribution in [0.2, 0.25) is 0 Å². The number of hydrogen-bond donors (Lipinski definition) is 1. The lowest BCUT2D eigenvalue weighted by Crippen LogP contribution is -2.34. The highest BCUT2D eigenvalue weighted by Gasteiger charge is 2.40. The van der Waals surface area contributed by atoms with Crippen LogP contribution in [0.4, 0.5) is 23.7 Å². The molecular weight excluding hydrogens is 423 g/mol. The lowest BCUT2D eigenvalue weighted by atomic mass is 10.2. The molecule has 1 N–H and O–H groups in total. The molecule has 0 unspecified atom stereocenters. The van der Waals surface area contributed by atoms with Gasteiger partial charge in [-0.25, -0.2) is 27.5 Å². The minimum Gasteiger partial charge on any atom is -0.318 e. The molecule has 162 valence electrons. The first-order valence-electron chi connectivity index (χ1n) is 9.75. The van der Waals surface area contributed by atoms with Gasteiger partial charge < -0.3 is 10.2 Å². The number of urea groups is 1. The number of benzene rings is 1. The number of carbonyl (C=O) groups excluding carboxylic acids is 1. The first-order chi connectivity index (χ1) is 15.4. The quantitative estimate of drug-likeness (QED) is 0.524. The molecule has 4 heterocycles. The number of carbonyl (C=O) groups is 1. The number of halogens is 3. The van der Waals surface area contributed by atoms with Crippen molar-refractivity contribution in [3.8, 4) is 22.6 Å². The smallest absolute Gasteiger partial charge is 0.318 e. The van der Waals surface area contributed by atoms with Crippen LogP contribution >= 0.6 is 0 Å². The van der Waals surface area contributed by atoms with Gasteiger partial charge in [-0.2, -0.15) is 4.98 Å². The lowest BCUT2D eigenvalue weighted by molar-refractivity contribution is 0.0159. The Morgan fingerprint density at radius 1 is 1.16 bits per heavy atom. The number of aromatic nitrogens is 5. The van der Waals surface area contributed by atoms with Gasteiger partial charge in [0.2, 0.25) is 0 Å². The number of hydrogen-bond acceptors (Lipinski definition) is 5. The second-order valence-electron chi connectivity index (χ2n) is 7.39. The summed E-state index contributed by atoms with van der Waals surface area (Å²) in [5, 5.41) is 6.82. The summed E-state index contributed by atoms with van der Waals surface area (Å²) >= 11 is 0. The van der Waals surface area contributed by atoms with Crippen molar-refractivity contribution in [2.24, 2.45) is 0 Å². The third kappa shape index (κ3) is 3.84. The molecule has 0 spiro atoms. The molecule has 8 nitrogen and oxygen atoms in total. The Morgan fingerprint density at radius 3 is 2.78 bits per heavy atom. The Bertz CT molecular complexity index is 1310. The summed E-state index contributed by atoms with van der Waals surface area (Å²) in [7, 11) is 0. The van der Waals surface area contributed by atoms with E-state index in [-0.39, 0.29) is 35.8 Å². The molecule has 11 heteroatoms. The molecule has 1 aliphatic rings. The number of anilines is 1. The van der Waals surface area contributed by atoms with Crippen molar-refractivity contribution in [3.63, 3.8) is 0 Å². The number of alkyl halides is 2. The van der Waals surface area contributed by atoms with Gasteiger partial charge in [0.15, 0.2) is 5.82 Å². The van der Waals surface area contributed by atoms with Crippen LogP contribution in [0, 0.1) is 5.82 Å². The van der Waals surface area contributed by atoms with Crippen LogP contribution in [0.25, 0.3) is 28.4 Å². The predicted octanol–water partition coefficient (Wildman–Crippen LogP) is 3.87. The number of likely N-dealkylation sites (tertiary alicyclic amines) is 1. The fourth-order valence-corrected chi connectivity index (χ4v) is 3.45. The molecule has 0 radical (unpaired) electrons. The molecule has 4 aromatic rings. The van der Waals surface area contributed by atoms with Crippen LogP contribution in [-0.2, 0) is 0 Å². The van der Waals surface area contributed by atoms with E-state index in [2.05, 4.69) is 25.4 Å². The summed E-state index contributed by atoms with van der Waals surface area (Å²) in [6, 6.07) is 8.65. The molecule has 1 aromatic carbocycles. The normalized spacial score (nSPS) is 15.3. The first-order valence-corrected chi connectivity index (χ1v) is 9.75. The number of amides is 2. The SMILES string of the molecule is O=C(Nc1ccc(F)c(-c2nc3ncc(-c4ccccn4)cn3n2)c1)N1CCC(F)(F)C1. The summed E-state index contributed by atoms with van der Waals surface area (Å²) in [4.78, 5) is 26.1. The highest BCUT2D eigenvalue weighted by atomic mass is 19.3. The van der Waals surface area contributed by atoms with Gasteiger partial charge in [0, 0.05) is 42.8 Å². The van der Waals surface area contributed by atoms with E-state index in [1.165, 1.54) is 16.6 Å². The standard InChI is InChI=1S/C21H16F3N7O/c22-16-5-4-14(27-20(32)30-8-6-21(23,24)12-30)9-15(16)18-28-19-26-10-13(11-31(19)29-18)17-3-1-2-7-25-17/h1-5,7,9-11H,6,8,12H2,(H,27,32). The zero-order valence-electron chi connectivity index (χ0n) is 16.5. The van der Waals surface area contributed by atoms with Gasteiger partial charge in [0.05, 0.1) is 17.8 Å². The fraction of sp³-hybridized carbons (Fsp3) is 0.190. The molecule has 32 heavy (non-hydrogen) atoms. The molecule has 0 atom stereocenters. The fourth-order valence-electron chi connectivity index (χ4n) is 3.45. The van der Waals surface area contributed by atoms with E-state index in [9.17, 15) is 18.0 Å². The third-order valence-corrected chi connectivity index (χ3v) is 5.07. The van der Waals surface area contributed by atoms with E-state index in [4.69, 9.17) is 0 Å². The maximum atomic E-state index is 14.5. The minimum absolute atomic E-state index is 0.0411. The Balaban J connectivity index is 1.42. The van der Waals surface area contributed by atoms with Crippen molar-refractivity contribution < 1.29 is 18.0 Å². The van der Waals surface area contributed by atoms with Gasteiger partial charge in [-0.15, -0.1) is 5.10 Å². The van der Waals surface area contributed by atoms with E-state index in [0.717, 1.165) is 11.0 Å². The number of pyridine rings is 1. The largest absolute Gasteiger partial charge is 0.322 e. The predicted molar refractivity (Wildman–Crippen MR) is 110 cm³/mol. The summed E-state index contributed by atoms with van der Waals surface area (Å²) in [6.45, 7) is -0.698. The minimum atomic E-state index is -2.90. The molecule has 0 bridgehead atoms. The topological polar surface area (TPSA) is 88.3 Å². The van der Waals surface area contributed by atoms with Crippen molar-refractivity contribution in [2.75, 3.05) is 18.4 Å². The molecule has 0 saturated carbocycles. The van der Waals surface area contributed by atoms with Crippen LogP contribution in [0.1, 0.15) is 6.42 Å². The molecule has 3 aromatic heterocycles. The molecule has 5 rings (SSSR count). The zero-order chi connectivity index (χ0) is 22.3. The first kappa shape index (κ1) is 19.9. The van der Waals surface area contributed by atoms with Gasteiger partial charge in [-0.05, 0) is 30.3 Å². The van der Waals surface area contributed by atoms with Crippen LogP contribution in [0.3, 0.4) is 0 Å². The molecule has 1 aliphatic heterocycles. The highest BCUT2D eigenvalue weighted by Crippen LogP contribution is 2.28. The average molecular weight is 439 g/mol. The summed E-state index contributed by atoms with van der Waals surface area (Å²) in [5.41, 5.74) is 1.68. The van der Waals surface area contributed by atoms with E-state index in [1.54, 1.807) is 24.7 Å². The number of fused-ring (bicyclic) bond motifs is 1. The third-order valence-electron chi connectivity index (χ3n) is 5.07. The second kappa shape index (κ2) is 7.59. The van der Waals surface area contributed by atoms with Crippen LogP contribution in [0.5, 0.6) is 0 Å². The summed E-state index contributed by atoms with van der Waals surface area (Å²) < 4.78 is 42.7. The molecule has 2 amide bonds. The van der Waals surface area contributed by atoms with E-state index >= 15 is 0 Å². The molecular formula is C21H16F3N7O. The molecule has 1 saturated heterocycles. The molecule has 0 aliphatic carbocycles. The van der Waals surface area contributed by atoms with Gasteiger partial charge >= 0.3 is 6.03 Å². The van der Waals surface area contributed by atoms with Gasteiger partial charge in [-0.3, -0.25) is 4.98 Å². The highest BCUT2D eigenvalue weighted by molar-refractivity contribution is 5.90. The Kier molecular flexibility index (Phi) is 4.72. The summed E-state index contributed by atoms with van der Waals surface area (Å²) in [6.07, 6.45) is 4.55. The lowest BCUT2D eigenvalue weighted by Gasteiger charge is -2.17. The number of nitrogens with zero attached hydrogens (tertiary/aromatic N) is 6. The van der Waals surface area contributed by atoms with Crippen molar-refractivity contribution in [1.29, 1.82) is 0 Å². The van der Waals surface area contributed by atoms with E-state index < -0.39 is 24.3 Å². The van der Waals surface area contributed by atoms with Crippen LogP contribution < -0.4 is 5.32 Å². The van der Waals surface area contributed by atoms with Gasteiger partial charge in [0.1, 0.15) is 5.82 Å². The maximum Gasteiger partial charge on any atom is 0.322 e. The monoisotopic (exact) mass is 439 g/mol. The Labute approximate surface area is 179 Å². The van der Waals surface area contributed by atoms with Crippen molar-refractivity contribution in [1.82, 2.24) is 29.5 Å². The average Bonchev–Trinajstić information content (AvgIpc) is 3.38. The van der Waals surface area contributed by atoms with E-state index in [0.29, 0.717) is 11.3 Å². The maximum absolute atomic E-state index is 14.5. The molecule has 1 fully saturated rings. The zero-order valence-corrected chi connectivity index (χ0v) is 16.5. The Hall–Kier alpha value is -4.02. The number of nitrogens with one attached hydrogen (secondary N) is 1. The second-order valence-corrected chi connectivity index (χ2v) is 7.39. The van der Waals surface area contributed by atoms with Crippen LogP contribution in [-0.4, -0.2) is 54.5 Å². The van der Waals surface area contributed by atoms with Crippen molar-refractivity contribution in [2.45, 2.75) is 12.3 Å².